The van der Waals surface area contributed by atoms with Crippen LogP contribution in [0.4, 0.5) is 15.2 Å². The molecule has 0 saturated heterocycles. The molecule has 0 saturated carbocycles. The van der Waals surface area contributed by atoms with E-state index in [2.05, 4.69) is 20.8 Å². The minimum atomic E-state index is -0.479. The summed E-state index contributed by atoms with van der Waals surface area (Å²) in [4.78, 5) is 11.8. The van der Waals surface area contributed by atoms with Gasteiger partial charge in [-0.1, -0.05) is 17.4 Å². The summed E-state index contributed by atoms with van der Waals surface area (Å²) in [5.41, 5.74) is 1.00. The molecule has 94 valence electrons. The molecule has 1 aromatic carbocycles. The number of hydrogen-bond donors (Lipinski definition) is 2. The van der Waals surface area contributed by atoms with Gasteiger partial charge in [0.15, 0.2) is 0 Å². The van der Waals surface area contributed by atoms with E-state index < -0.39 is 11.7 Å². The normalized spacial score (nSPS) is 10.2. The van der Waals surface area contributed by atoms with Crippen molar-refractivity contribution in [2.75, 3.05) is 17.7 Å². The zero-order valence-electron chi connectivity index (χ0n) is 9.82. The molecule has 0 spiro atoms. The van der Waals surface area contributed by atoms with Crippen LogP contribution in [0.2, 0.25) is 0 Å². The summed E-state index contributed by atoms with van der Waals surface area (Å²) in [7, 11) is 1.68. The molecule has 0 unspecified atom stereocenters. The number of anilines is 2. The van der Waals surface area contributed by atoms with Gasteiger partial charge in [0.05, 0.1) is 5.69 Å². The molecule has 1 heterocycles. The Hall–Kier alpha value is -2.02. The fraction of sp³-hybridized carbons (Fsp3) is 0.182. The number of hydrogen-bond acceptors (Lipinski definition) is 5. The van der Waals surface area contributed by atoms with Crippen molar-refractivity contribution in [2.45, 2.75) is 6.92 Å². The van der Waals surface area contributed by atoms with Gasteiger partial charge in [0.25, 0.3) is 5.91 Å². The highest BCUT2D eigenvalue weighted by Crippen LogP contribution is 2.19. The van der Waals surface area contributed by atoms with Gasteiger partial charge in [-0.25, -0.2) is 4.39 Å². The van der Waals surface area contributed by atoms with E-state index >= 15 is 0 Å². The second-order valence-electron chi connectivity index (χ2n) is 3.60. The van der Waals surface area contributed by atoms with Crippen LogP contribution in [0.1, 0.15) is 15.4 Å². The van der Waals surface area contributed by atoms with Crippen LogP contribution < -0.4 is 10.6 Å². The molecule has 0 aliphatic rings. The molecule has 1 aromatic heterocycles. The van der Waals surface area contributed by atoms with Crippen LogP contribution in [0.25, 0.3) is 0 Å². The quantitative estimate of drug-likeness (QED) is 0.894. The Bertz CT molecular complexity index is 584. The number of amides is 1. The van der Waals surface area contributed by atoms with Gasteiger partial charge in [-0.05, 0) is 24.6 Å². The van der Waals surface area contributed by atoms with E-state index in [0.29, 0.717) is 5.13 Å². The highest BCUT2D eigenvalue weighted by Gasteiger charge is 2.14. The smallest absolute Gasteiger partial charge is 0.286 e. The second kappa shape index (κ2) is 5.09. The van der Waals surface area contributed by atoms with Gasteiger partial charge >= 0.3 is 0 Å². The summed E-state index contributed by atoms with van der Waals surface area (Å²) in [5, 5.41) is 13.4. The molecule has 0 radical (unpaired) electrons. The van der Waals surface area contributed by atoms with Crippen LogP contribution in [0.15, 0.2) is 18.2 Å². The standard InChI is InChI=1S/C11H11FN4OS/c1-6-3-4-7(12)8(5-6)14-9(17)10-15-16-11(13-2)18-10/h3-5H,1-2H3,(H,13,16)(H,14,17). The van der Waals surface area contributed by atoms with E-state index in [1.165, 1.54) is 6.07 Å². The number of aryl methyl sites for hydroxylation is 1. The molecule has 0 bridgehead atoms. The topological polar surface area (TPSA) is 66.9 Å². The SMILES string of the molecule is CNc1nnc(C(=O)Nc2cc(C)ccc2F)s1. The Morgan fingerprint density at radius 3 is 2.83 bits per heavy atom. The van der Waals surface area contributed by atoms with Gasteiger partial charge in [0, 0.05) is 7.05 Å². The van der Waals surface area contributed by atoms with Crippen LogP contribution in [0.3, 0.4) is 0 Å². The van der Waals surface area contributed by atoms with Crippen LogP contribution in [-0.2, 0) is 0 Å². The molecule has 0 fully saturated rings. The number of nitrogens with one attached hydrogen (secondary N) is 2. The predicted molar refractivity (Wildman–Crippen MR) is 68.5 cm³/mol. The fourth-order valence-electron chi connectivity index (χ4n) is 1.33. The zero-order chi connectivity index (χ0) is 13.1. The molecule has 5 nitrogen and oxygen atoms in total. The van der Waals surface area contributed by atoms with E-state index in [4.69, 9.17) is 0 Å². The van der Waals surface area contributed by atoms with Crippen LogP contribution in [0, 0.1) is 12.7 Å². The van der Waals surface area contributed by atoms with Crippen LogP contribution >= 0.6 is 11.3 Å². The highest BCUT2D eigenvalue weighted by atomic mass is 32.1. The maximum absolute atomic E-state index is 13.5. The second-order valence-corrected chi connectivity index (χ2v) is 4.58. The van der Waals surface area contributed by atoms with Gasteiger partial charge in [-0.15, -0.1) is 10.2 Å². The lowest BCUT2D eigenvalue weighted by atomic mass is 10.2. The van der Waals surface area contributed by atoms with E-state index in [-0.39, 0.29) is 10.7 Å². The summed E-state index contributed by atoms with van der Waals surface area (Å²) in [6.07, 6.45) is 0. The van der Waals surface area contributed by atoms with Crippen molar-refractivity contribution < 1.29 is 9.18 Å². The van der Waals surface area contributed by atoms with Crippen molar-refractivity contribution in [1.82, 2.24) is 10.2 Å². The first kappa shape index (κ1) is 12.4. The third-order valence-electron chi connectivity index (χ3n) is 2.20. The van der Waals surface area contributed by atoms with Crippen LogP contribution in [-0.4, -0.2) is 23.2 Å². The fourth-order valence-corrected chi connectivity index (χ4v) is 1.92. The lowest BCUT2D eigenvalue weighted by Crippen LogP contribution is -2.12. The molecule has 1 amide bonds. The maximum Gasteiger partial charge on any atom is 0.286 e. The van der Waals surface area contributed by atoms with Crippen LogP contribution in [0.5, 0.6) is 0 Å². The molecular weight excluding hydrogens is 255 g/mol. The van der Waals surface area contributed by atoms with Crippen molar-refractivity contribution in [3.8, 4) is 0 Å². The molecular formula is C11H11FN4OS. The van der Waals surface area contributed by atoms with Crippen molar-refractivity contribution in [2.24, 2.45) is 0 Å². The maximum atomic E-state index is 13.5. The number of carbonyl (C=O) groups excluding carboxylic acids is 1. The Kier molecular flexibility index (Phi) is 3.52. The number of nitrogens with zero attached hydrogens (tertiary/aromatic N) is 2. The monoisotopic (exact) mass is 266 g/mol. The number of aromatic nitrogens is 2. The first-order valence-electron chi connectivity index (χ1n) is 5.19. The minimum Gasteiger partial charge on any atom is -0.363 e. The number of benzene rings is 1. The van der Waals surface area contributed by atoms with Gasteiger partial charge in [-0.3, -0.25) is 4.79 Å². The molecule has 2 N–H and O–H groups in total. The summed E-state index contributed by atoms with van der Waals surface area (Å²) >= 11 is 1.10. The Morgan fingerprint density at radius 1 is 1.39 bits per heavy atom. The van der Waals surface area contributed by atoms with E-state index in [1.807, 2.05) is 6.92 Å². The molecule has 0 aliphatic heterocycles. The molecule has 0 aliphatic carbocycles. The van der Waals surface area contributed by atoms with Gasteiger partial charge in [0.1, 0.15) is 5.82 Å². The molecule has 0 atom stereocenters. The number of rotatable bonds is 3. The zero-order valence-corrected chi connectivity index (χ0v) is 10.6. The van der Waals surface area contributed by atoms with Gasteiger partial charge in [0.2, 0.25) is 10.1 Å². The number of carbonyl (C=O) groups is 1. The van der Waals surface area contributed by atoms with Crippen molar-refractivity contribution in [1.29, 1.82) is 0 Å². The van der Waals surface area contributed by atoms with E-state index in [1.54, 1.807) is 19.2 Å². The molecule has 2 aromatic rings. The largest absolute Gasteiger partial charge is 0.363 e. The van der Waals surface area contributed by atoms with E-state index in [9.17, 15) is 9.18 Å². The van der Waals surface area contributed by atoms with Crippen molar-refractivity contribution in [3.63, 3.8) is 0 Å². The minimum absolute atomic E-state index is 0.140. The number of halogens is 1. The third-order valence-corrected chi connectivity index (χ3v) is 3.14. The third kappa shape index (κ3) is 2.62. The highest BCUT2D eigenvalue weighted by molar-refractivity contribution is 7.17. The molecule has 7 heteroatoms. The Labute approximate surface area is 107 Å². The summed E-state index contributed by atoms with van der Waals surface area (Å²) < 4.78 is 13.5. The summed E-state index contributed by atoms with van der Waals surface area (Å²) in [5.74, 6) is -0.953. The first-order valence-corrected chi connectivity index (χ1v) is 6.00. The van der Waals surface area contributed by atoms with Gasteiger partial charge in [-0.2, -0.15) is 0 Å². The first-order chi connectivity index (χ1) is 8.60. The predicted octanol–water partition coefficient (Wildman–Crippen LogP) is 2.28. The molecule has 2 rings (SSSR count). The lowest BCUT2D eigenvalue weighted by Gasteiger charge is -2.04. The summed E-state index contributed by atoms with van der Waals surface area (Å²) in [6, 6.07) is 4.51. The van der Waals surface area contributed by atoms with Crippen molar-refractivity contribution in [3.05, 3.63) is 34.6 Å². The molecule has 18 heavy (non-hydrogen) atoms. The Balaban J connectivity index is 2.18. The lowest BCUT2D eigenvalue weighted by molar-refractivity contribution is 0.102. The Morgan fingerprint density at radius 2 is 2.17 bits per heavy atom. The average Bonchev–Trinajstić information content (AvgIpc) is 2.82. The summed E-state index contributed by atoms with van der Waals surface area (Å²) in [6.45, 7) is 1.82. The van der Waals surface area contributed by atoms with Gasteiger partial charge < -0.3 is 10.6 Å². The van der Waals surface area contributed by atoms with E-state index in [0.717, 1.165) is 16.9 Å². The average molecular weight is 266 g/mol. The van der Waals surface area contributed by atoms with Crippen molar-refractivity contribution >= 4 is 28.1 Å².